The Hall–Kier alpha value is -0.870. The van der Waals surface area contributed by atoms with Crippen molar-refractivity contribution in [2.75, 3.05) is 19.8 Å². The molecular weight excluding hydrogens is 604 g/mol. The van der Waals surface area contributed by atoms with Gasteiger partial charge in [-0.2, -0.15) is 0 Å². The molecule has 1 N–H and O–H groups in total. The summed E-state index contributed by atoms with van der Waals surface area (Å²) in [7, 11) is 0. The summed E-state index contributed by atoms with van der Waals surface area (Å²) in [5.74, 6) is -0.197. The fraction of sp³-hybridized carbons (Fsp3) is 0.933. The first-order chi connectivity index (χ1) is 24.2. The monoisotopic (exact) mass is 693 g/mol. The number of unbranched alkanes of at least 4 members (excludes halogenated alkanes) is 32. The van der Waals surface area contributed by atoms with Gasteiger partial charge in [0.2, 0.25) is 0 Å². The maximum absolute atomic E-state index is 12.2. The molecule has 0 bridgehead atoms. The molecule has 49 heavy (non-hydrogen) atoms. The van der Waals surface area contributed by atoms with Gasteiger partial charge in [-0.05, 0) is 38.5 Å². The summed E-state index contributed by atoms with van der Waals surface area (Å²) in [4.78, 5) is 12.2. The first-order valence-electron chi connectivity index (χ1n) is 22.3. The summed E-state index contributed by atoms with van der Waals surface area (Å²) >= 11 is 0. The highest BCUT2D eigenvalue weighted by atomic mass is 16.6. The lowest BCUT2D eigenvalue weighted by molar-refractivity contribution is -0.154. The minimum Gasteiger partial charge on any atom is -0.457 e. The SMILES string of the molecule is CCCCCCCCCC/C=C\CCCCCCCCCCCC(=O)OC(CO)COCCCCCCCCCCCCCCCCCC. The highest BCUT2D eigenvalue weighted by Crippen LogP contribution is 2.15. The van der Waals surface area contributed by atoms with Gasteiger partial charge in [0.15, 0.2) is 0 Å². The fourth-order valence-electron chi connectivity index (χ4n) is 6.74. The van der Waals surface area contributed by atoms with E-state index in [0.29, 0.717) is 19.6 Å². The maximum Gasteiger partial charge on any atom is 0.306 e. The second-order valence-corrected chi connectivity index (χ2v) is 15.1. The Morgan fingerprint density at radius 1 is 0.469 bits per heavy atom. The second kappa shape index (κ2) is 43.3. The fourth-order valence-corrected chi connectivity index (χ4v) is 6.74. The summed E-state index contributed by atoms with van der Waals surface area (Å²) in [6, 6.07) is 0. The zero-order valence-electron chi connectivity index (χ0n) is 33.5. The standard InChI is InChI=1S/C45H88O4/c1-3-5-7-9-11-13-15-17-19-21-22-23-24-25-26-28-30-32-34-36-38-40-45(47)49-44(42-46)43-48-41-39-37-35-33-31-29-27-20-18-16-14-12-10-8-6-4-2/h21-22,44,46H,3-20,23-43H2,1-2H3/b22-21-. The normalized spacial score (nSPS) is 12.3. The van der Waals surface area contributed by atoms with E-state index in [2.05, 4.69) is 26.0 Å². The Labute approximate surface area is 307 Å². The minimum absolute atomic E-state index is 0.166. The Morgan fingerprint density at radius 2 is 0.796 bits per heavy atom. The summed E-state index contributed by atoms with van der Waals surface area (Å²) in [5.41, 5.74) is 0. The number of rotatable bonds is 42. The number of ether oxygens (including phenoxy) is 2. The lowest BCUT2D eigenvalue weighted by atomic mass is 10.0. The molecule has 0 radical (unpaired) electrons. The van der Waals surface area contributed by atoms with Crippen molar-refractivity contribution in [2.45, 2.75) is 251 Å². The summed E-state index contributed by atoms with van der Waals surface area (Å²) in [6.45, 7) is 5.39. The van der Waals surface area contributed by atoms with Crippen LogP contribution in [-0.2, 0) is 14.3 Å². The van der Waals surface area contributed by atoms with Crippen LogP contribution in [0.2, 0.25) is 0 Å². The molecule has 0 aliphatic rings. The Bertz CT molecular complexity index is 648. The van der Waals surface area contributed by atoms with Gasteiger partial charge in [0.25, 0.3) is 0 Å². The number of allylic oxidation sites excluding steroid dienone is 2. The van der Waals surface area contributed by atoms with Crippen LogP contribution < -0.4 is 0 Å². The van der Waals surface area contributed by atoms with Gasteiger partial charge in [-0.25, -0.2) is 0 Å². The van der Waals surface area contributed by atoms with Gasteiger partial charge in [-0.1, -0.05) is 212 Å². The van der Waals surface area contributed by atoms with Gasteiger partial charge in [-0.3, -0.25) is 4.79 Å². The highest BCUT2D eigenvalue weighted by molar-refractivity contribution is 5.69. The third-order valence-electron chi connectivity index (χ3n) is 10.1. The van der Waals surface area contributed by atoms with E-state index >= 15 is 0 Å². The van der Waals surface area contributed by atoms with E-state index in [0.717, 1.165) is 19.3 Å². The van der Waals surface area contributed by atoms with Crippen LogP contribution in [0.15, 0.2) is 12.2 Å². The third-order valence-corrected chi connectivity index (χ3v) is 10.1. The topological polar surface area (TPSA) is 55.8 Å². The van der Waals surface area contributed by atoms with Crippen molar-refractivity contribution in [3.63, 3.8) is 0 Å². The van der Waals surface area contributed by atoms with Gasteiger partial charge in [0.1, 0.15) is 6.10 Å². The van der Waals surface area contributed by atoms with Crippen LogP contribution in [0.1, 0.15) is 245 Å². The quantitative estimate of drug-likeness (QED) is 0.0393. The lowest BCUT2D eigenvalue weighted by Crippen LogP contribution is -2.27. The molecular formula is C45H88O4. The molecule has 0 saturated heterocycles. The van der Waals surface area contributed by atoms with Crippen LogP contribution in [-0.4, -0.2) is 37.0 Å². The largest absolute Gasteiger partial charge is 0.457 e. The van der Waals surface area contributed by atoms with Crippen LogP contribution >= 0.6 is 0 Å². The van der Waals surface area contributed by atoms with Crippen LogP contribution in [0.25, 0.3) is 0 Å². The summed E-state index contributed by atoms with van der Waals surface area (Å²) in [5, 5.41) is 9.60. The van der Waals surface area contributed by atoms with Gasteiger partial charge >= 0.3 is 5.97 Å². The molecule has 0 aromatic carbocycles. The van der Waals surface area contributed by atoms with Gasteiger partial charge in [-0.15, -0.1) is 0 Å². The summed E-state index contributed by atoms with van der Waals surface area (Å²) < 4.78 is 11.2. The third kappa shape index (κ3) is 41.4. The molecule has 292 valence electrons. The smallest absolute Gasteiger partial charge is 0.306 e. The van der Waals surface area contributed by atoms with E-state index < -0.39 is 6.10 Å². The van der Waals surface area contributed by atoms with Gasteiger partial charge in [0.05, 0.1) is 13.2 Å². The van der Waals surface area contributed by atoms with E-state index in [1.807, 2.05) is 0 Å². The van der Waals surface area contributed by atoms with Crippen molar-refractivity contribution in [3.05, 3.63) is 12.2 Å². The zero-order chi connectivity index (χ0) is 35.6. The molecule has 0 aliphatic carbocycles. The highest BCUT2D eigenvalue weighted by Gasteiger charge is 2.13. The van der Waals surface area contributed by atoms with Crippen LogP contribution in [0.4, 0.5) is 0 Å². The average Bonchev–Trinajstić information content (AvgIpc) is 3.11. The van der Waals surface area contributed by atoms with E-state index in [-0.39, 0.29) is 12.6 Å². The number of hydrogen-bond donors (Lipinski definition) is 1. The van der Waals surface area contributed by atoms with E-state index in [9.17, 15) is 9.90 Å². The molecule has 0 saturated carbocycles. The maximum atomic E-state index is 12.2. The van der Waals surface area contributed by atoms with Crippen molar-refractivity contribution in [1.82, 2.24) is 0 Å². The predicted molar refractivity (Wildman–Crippen MR) is 214 cm³/mol. The number of aliphatic hydroxyl groups excluding tert-OH is 1. The van der Waals surface area contributed by atoms with Crippen molar-refractivity contribution < 1.29 is 19.4 Å². The molecule has 0 aromatic rings. The van der Waals surface area contributed by atoms with E-state index in [1.54, 1.807) is 0 Å². The molecule has 0 heterocycles. The van der Waals surface area contributed by atoms with E-state index in [4.69, 9.17) is 9.47 Å². The van der Waals surface area contributed by atoms with Crippen molar-refractivity contribution in [2.24, 2.45) is 0 Å². The lowest BCUT2D eigenvalue weighted by Gasteiger charge is -2.16. The van der Waals surface area contributed by atoms with Gasteiger partial charge < -0.3 is 14.6 Å². The first-order valence-corrected chi connectivity index (χ1v) is 22.3. The molecule has 0 amide bonds. The number of carbonyl (C=O) groups excluding carboxylic acids is 1. The molecule has 0 spiro atoms. The van der Waals surface area contributed by atoms with Crippen molar-refractivity contribution in [3.8, 4) is 0 Å². The average molecular weight is 693 g/mol. The molecule has 0 fully saturated rings. The second-order valence-electron chi connectivity index (χ2n) is 15.1. The number of aliphatic hydroxyl groups is 1. The van der Waals surface area contributed by atoms with Crippen LogP contribution in [0.5, 0.6) is 0 Å². The molecule has 4 nitrogen and oxygen atoms in total. The molecule has 0 rings (SSSR count). The van der Waals surface area contributed by atoms with Crippen molar-refractivity contribution >= 4 is 5.97 Å². The summed E-state index contributed by atoms with van der Waals surface area (Å²) in [6.07, 6.45) is 51.3. The number of hydrogen-bond acceptors (Lipinski definition) is 4. The molecule has 4 heteroatoms. The minimum atomic E-state index is -0.529. The van der Waals surface area contributed by atoms with Crippen LogP contribution in [0.3, 0.4) is 0 Å². The molecule has 0 aromatic heterocycles. The molecule has 1 unspecified atom stereocenters. The molecule has 1 atom stereocenters. The Kier molecular flexibility index (Phi) is 42.5. The van der Waals surface area contributed by atoms with Gasteiger partial charge in [0, 0.05) is 13.0 Å². The number of carbonyl (C=O) groups is 1. The Morgan fingerprint density at radius 3 is 1.16 bits per heavy atom. The van der Waals surface area contributed by atoms with E-state index in [1.165, 1.54) is 205 Å². The number of esters is 1. The Balaban J connectivity index is 3.38. The predicted octanol–water partition coefficient (Wildman–Crippen LogP) is 14.5. The van der Waals surface area contributed by atoms with Crippen LogP contribution in [0, 0.1) is 0 Å². The zero-order valence-corrected chi connectivity index (χ0v) is 33.5. The molecule has 0 aliphatic heterocycles. The first kappa shape index (κ1) is 48.1. The van der Waals surface area contributed by atoms with Crippen molar-refractivity contribution in [1.29, 1.82) is 0 Å².